The Morgan fingerprint density at radius 2 is 2.15 bits per heavy atom. The normalized spacial score (nSPS) is 14.8. The number of anilines is 1. The second-order valence-corrected chi connectivity index (χ2v) is 9.33. The number of pyridine rings is 1. The first-order chi connectivity index (χ1) is 13.0. The summed E-state index contributed by atoms with van der Waals surface area (Å²) in [5.74, 6) is 0.620. The molecule has 5 nitrogen and oxygen atoms in total. The van der Waals surface area contributed by atoms with Crippen LogP contribution in [0.5, 0.6) is 0 Å². The lowest BCUT2D eigenvalue weighted by Gasteiger charge is -2.15. The van der Waals surface area contributed by atoms with E-state index in [2.05, 4.69) is 20.3 Å². The summed E-state index contributed by atoms with van der Waals surface area (Å²) in [6.07, 6.45) is 6.22. The Kier molecular flexibility index (Phi) is 5.34. The zero-order valence-corrected chi connectivity index (χ0v) is 17.5. The van der Waals surface area contributed by atoms with Crippen molar-refractivity contribution in [3.05, 3.63) is 39.7 Å². The summed E-state index contributed by atoms with van der Waals surface area (Å²) < 4.78 is 0. The summed E-state index contributed by atoms with van der Waals surface area (Å²) in [5.41, 5.74) is 1.90. The van der Waals surface area contributed by atoms with E-state index < -0.39 is 0 Å². The predicted molar refractivity (Wildman–Crippen MR) is 112 cm³/mol. The molecule has 0 saturated heterocycles. The molecule has 0 bridgehead atoms. The third-order valence-corrected chi connectivity index (χ3v) is 7.14. The fraction of sp³-hybridized carbons (Fsp3) is 0.368. The molecule has 0 fully saturated rings. The molecule has 0 radical (unpaired) electrons. The van der Waals surface area contributed by atoms with Gasteiger partial charge in [-0.05, 0) is 57.2 Å². The van der Waals surface area contributed by atoms with Gasteiger partial charge in [-0.25, -0.2) is 15.0 Å². The largest absolute Gasteiger partial charge is 0.322 e. The van der Waals surface area contributed by atoms with Crippen molar-refractivity contribution in [1.82, 2.24) is 15.0 Å². The fourth-order valence-corrected chi connectivity index (χ4v) is 5.81. The molecular formula is C19H19ClN4OS2. The maximum Gasteiger partial charge on any atom is 0.237 e. The van der Waals surface area contributed by atoms with Gasteiger partial charge in [0.05, 0.1) is 10.9 Å². The van der Waals surface area contributed by atoms with Crippen molar-refractivity contribution in [3.8, 4) is 0 Å². The monoisotopic (exact) mass is 418 g/mol. The molecule has 0 aliphatic heterocycles. The number of hydrogen-bond donors (Lipinski definition) is 1. The Bertz CT molecular complexity index is 1020. The Balaban J connectivity index is 1.61. The van der Waals surface area contributed by atoms with Gasteiger partial charge in [0.25, 0.3) is 0 Å². The molecule has 0 spiro atoms. The molecule has 140 valence electrons. The van der Waals surface area contributed by atoms with Crippen LogP contribution in [0.2, 0.25) is 5.15 Å². The Labute approximate surface area is 171 Å². The third-order valence-electron chi connectivity index (χ3n) is 4.57. The molecule has 27 heavy (non-hydrogen) atoms. The SMILES string of the molecule is Cc1nc(S[C@H](C)C(=O)Nc2cccnc2Cl)c2c3c(sc2n1)CCCC3. The highest BCUT2D eigenvalue weighted by atomic mass is 35.5. The topological polar surface area (TPSA) is 67.8 Å². The average Bonchev–Trinajstić information content (AvgIpc) is 3.01. The number of aryl methyl sites for hydroxylation is 3. The molecule has 8 heteroatoms. The quantitative estimate of drug-likeness (QED) is 0.365. The van der Waals surface area contributed by atoms with Gasteiger partial charge in [-0.2, -0.15) is 0 Å². The number of halogens is 1. The van der Waals surface area contributed by atoms with Crippen LogP contribution in [0.15, 0.2) is 23.4 Å². The highest BCUT2D eigenvalue weighted by molar-refractivity contribution is 8.00. The predicted octanol–water partition coefficient (Wildman–Crippen LogP) is 5.05. The maximum absolute atomic E-state index is 12.7. The molecule has 3 aromatic heterocycles. The minimum Gasteiger partial charge on any atom is -0.322 e. The van der Waals surface area contributed by atoms with E-state index >= 15 is 0 Å². The zero-order chi connectivity index (χ0) is 19.0. The van der Waals surface area contributed by atoms with Crippen LogP contribution in [0, 0.1) is 6.92 Å². The molecule has 1 atom stereocenters. The summed E-state index contributed by atoms with van der Waals surface area (Å²) in [5, 5.41) is 4.86. The van der Waals surface area contributed by atoms with E-state index in [1.165, 1.54) is 35.0 Å². The van der Waals surface area contributed by atoms with Crippen LogP contribution in [0.1, 0.15) is 36.0 Å². The molecule has 1 amide bonds. The Morgan fingerprint density at radius 1 is 1.33 bits per heavy atom. The molecule has 3 aromatic rings. The highest BCUT2D eigenvalue weighted by Crippen LogP contribution is 2.40. The standard InChI is InChI=1S/C19H19ClN4OS2/c1-10(17(25)24-13-7-5-9-21-16(13)20)26-18-15-12-6-3-4-8-14(12)27-19(15)23-11(2)22-18/h5,7,9-10H,3-4,6,8H2,1-2H3,(H,24,25)/t10-/m1/s1. The van der Waals surface area contributed by atoms with Crippen molar-refractivity contribution >= 4 is 56.5 Å². The van der Waals surface area contributed by atoms with Gasteiger partial charge in [-0.15, -0.1) is 11.3 Å². The number of rotatable bonds is 4. The number of fused-ring (bicyclic) bond motifs is 3. The molecule has 3 heterocycles. The highest BCUT2D eigenvalue weighted by Gasteiger charge is 2.24. The van der Waals surface area contributed by atoms with E-state index in [1.807, 2.05) is 13.8 Å². The van der Waals surface area contributed by atoms with E-state index in [1.54, 1.807) is 29.7 Å². The van der Waals surface area contributed by atoms with Crippen LogP contribution in [0.3, 0.4) is 0 Å². The van der Waals surface area contributed by atoms with Crippen LogP contribution in [0.4, 0.5) is 5.69 Å². The van der Waals surface area contributed by atoms with Crippen LogP contribution >= 0.6 is 34.7 Å². The maximum atomic E-state index is 12.7. The number of nitrogens with zero attached hydrogens (tertiary/aromatic N) is 3. The van der Waals surface area contributed by atoms with Crippen molar-refractivity contribution in [1.29, 1.82) is 0 Å². The molecule has 4 rings (SSSR count). The Hall–Kier alpha value is -1.70. The average molecular weight is 419 g/mol. The molecule has 1 aliphatic carbocycles. The van der Waals surface area contributed by atoms with Crippen molar-refractivity contribution in [3.63, 3.8) is 0 Å². The minimum absolute atomic E-state index is 0.122. The molecular weight excluding hydrogens is 400 g/mol. The molecule has 0 saturated carbocycles. The molecule has 0 unspecified atom stereocenters. The third kappa shape index (κ3) is 3.81. The van der Waals surface area contributed by atoms with Gasteiger partial charge in [0, 0.05) is 16.5 Å². The first kappa shape index (κ1) is 18.7. The van der Waals surface area contributed by atoms with Crippen molar-refractivity contribution in [2.75, 3.05) is 5.32 Å². The van der Waals surface area contributed by atoms with E-state index in [0.717, 1.165) is 33.9 Å². The summed E-state index contributed by atoms with van der Waals surface area (Å²) in [6.45, 7) is 3.79. The number of aromatic nitrogens is 3. The van der Waals surface area contributed by atoms with Gasteiger partial charge in [-0.3, -0.25) is 4.79 Å². The lowest BCUT2D eigenvalue weighted by molar-refractivity contribution is -0.115. The molecule has 0 aromatic carbocycles. The first-order valence-electron chi connectivity index (χ1n) is 8.90. The second kappa shape index (κ2) is 7.73. The summed E-state index contributed by atoms with van der Waals surface area (Å²) in [7, 11) is 0. The zero-order valence-electron chi connectivity index (χ0n) is 15.1. The van der Waals surface area contributed by atoms with Crippen LogP contribution < -0.4 is 5.32 Å². The second-order valence-electron chi connectivity index (χ2n) is 6.56. The summed E-state index contributed by atoms with van der Waals surface area (Å²) >= 11 is 9.30. The lowest BCUT2D eigenvalue weighted by atomic mass is 9.97. The number of amides is 1. The summed E-state index contributed by atoms with van der Waals surface area (Å²) in [4.78, 5) is 28.4. The van der Waals surface area contributed by atoms with Gasteiger partial charge in [0.1, 0.15) is 15.7 Å². The van der Waals surface area contributed by atoms with Gasteiger partial charge in [-0.1, -0.05) is 23.4 Å². The number of thiophene rings is 1. The van der Waals surface area contributed by atoms with Crippen molar-refractivity contribution in [2.45, 2.75) is 49.8 Å². The number of nitrogens with one attached hydrogen (secondary N) is 1. The van der Waals surface area contributed by atoms with Gasteiger partial charge in [0.2, 0.25) is 5.91 Å². The molecule has 1 N–H and O–H groups in total. The van der Waals surface area contributed by atoms with Gasteiger partial charge < -0.3 is 5.32 Å². The first-order valence-corrected chi connectivity index (χ1v) is 11.0. The van der Waals surface area contributed by atoms with Crippen LogP contribution in [-0.2, 0) is 17.6 Å². The van der Waals surface area contributed by atoms with Gasteiger partial charge >= 0.3 is 0 Å². The van der Waals surface area contributed by atoms with E-state index in [9.17, 15) is 4.79 Å². The summed E-state index contributed by atoms with van der Waals surface area (Å²) in [6, 6.07) is 3.49. The van der Waals surface area contributed by atoms with Crippen LogP contribution in [-0.4, -0.2) is 26.1 Å². The number of carbonyl (C=O) groups is 1. The van der Waals surface area contributed by atoms with E-state index in [0.29, 0.717) is 5.69 Å². The smallest absolute Gasteiger partial charge is 0.237 e. The minimum atomic E-state index is -0.321. The Morgan fingerprint density at radius 3 is 2.96 bits per heavy atom. The number of carbonyl (C=O) groups excluding carboxylic acids is 1. The molecule has 1 aliphatic rings. The van der Waals surface area contributed by atoms with Crippen molar-refractivity contribution < 1.29 is 4.79 Å². The van der Waals surface area contributed by atoms with E-state index in [-0.39, 0.29) is 16.3 Å². The van der Waals surface area contributed by atoms with Crippen molar-refractivity contribution in [2.24, 2.45) is 0 Å². The van der Waals surface area contributed by atoms with E-state index in [4.69, 9.17) is 11.6 Å². The lowest BCUT2D eigenvalue weighted by Crippen LogP contribution is -2.23. The van der Waals surface area contributed by atoms with Crippen LogP contribution in [0.25, 0.3) is 10.2 Å². The fourth-order valence-electron chi connectivity index (χ4n) is 3.25. The number of hydrogen-bond acceptors (Lipinski definition) is 6. The number of thioether (sulfide) groups is 1. The van der Waals surface area contributed by atoms with Gasteiger partial charge in [0.15, 0.2) is 5.15 Å².